The molecule has 0 N–H and O–H groups in total. The van der Waals surface area contributed by atoms with E-state index < -0.39 is 0 Å². The lowest BCUT2D eigenvalue weighted by Crippen LogP contribution is -2.08. The zero-order chi connectivity index (χ0) is 13.5. The number of hydrogen-bond donors (Lipinski definition) is 0. The van der Waals surface area contributed by atoms with Crippen molar-refractivity contribution in [2.45, 2.75) is 32.5 Å². The molecule has 0 unspecified atom stereocenters. The van der Waals surface area contributed by atoms with Crippen molar-refractivity contribution in [1.29, 1.82) is 0 Å². The van der Waals surface area contributed by atoms with Gasteiger partial charge in [-0.25, -0.2) is 4.79 Å². The van der Waals surface area contributed by atoms with Crippen molar-refractivity contribution in [3.05, 3.63) is 34.9 Å². The number of carbonyl (C=O) groups is 1. The van der Waals surface area contributed by atoms with Gasteiger partial charge in [0.05, 0.1) is 25.9 Å². The van der Waals surface area contributed by atoms with Gasteiger partial charge in [-0.1, -0.05) is 12.1 Å². The summed E-state index contributed by atoms with van der Waals surface area (Å²) in [6, 6.07) is 5.73. The van der Waals surface area contributed by atoms with Gasteiger partial charge in [-0.05, 0) is 36.5 Å². The van der Waals surface area contributed by atoms with E-state index >= 15 is 0 Å². The van der Waals surface area contributed by atoms with Gasteiger partial charge in [0.15, 0.2) is 0 Å². The summed E-state index contributed by atoms with van der Waals surface area (Å²) in [4.78, 5) is 11.8. The van der Waals surface area contributed by atoms with Crippen molar-refractivity contribution in [3.8, 4) is 0 Å². The van der Waals surface area contributed by atoms with Gasteiger partial charge < -0.3 is 14.2 Å². The Bertz CT molecular complexity index is 428. The van der Waals surface area contributed by atoms with Gasteiger partial charge in [-0.15, -0.1) is 0 Å². The number of benzene rings is 1. The van der Waals surface area contributed by atoms with Gasteiger partial charge in [0.2, 0.25) is 0 Å². The monoisotopic (exact) mass is 264 g/mol. The Morgan fingerprint density at radius 1 is 1.11 bits per heavy atom. The maximum Gasteiger partial charge on any atom is 0.338 e. The predicted molar refractivity (Wildman–Crippen MR) is 70.9 cm³/mol. The van der Waals surface area contributed by atoms with E-state index in [1.165, 1.54) is 7.11 Å². The van der Waals surface area contributed by atoms with Crippen LogP contribution in [0, 0.1) is 0 Å². The fraction of sp³-hybridized carbons (Fsp3) is 0.533. The van der Waals surface area contributed by atoms with E-state index in [9.17, 15) is 4.79 Å². The summed E-state index contributed by atoms with van der Waals surface area (Å²) in [7, 11) is 1.39. The summed E-state index contributed by atoms with van der Waals surface area (Å²) in [5.74, 6) is -0.324. The van der Waals surface area contributed by atoms with E-state index in [2.05, 4.69) is 0 Å². The molecule has 0 amide bonds. The molecule has 2 aliphatic heterocycles. The van der Waals surface area contributed by atoms with E-state index in [1.54, 1.807) is 0 Å². The van der Waals surface area contributed by atoms with Crippen molar-refractivity contribution < 1.29 is 19.0 Å². The van der Waals surface area contributed by atoms with Gasteiger partial charge in [0, 0.05) is 13.2 Å². The smallest absolute Gasteiger partial charge is 0.338 e. The highest BCUT2D eigenvalue weighted by Gasteiger charge is 2.13. The van der Waals surface area contributed by atoms with E-state index in [-0.39, 0.29) is 5.97 Å². The minimum atomic E-state index is -0.324. The Kier molecular flexibility index (Phi) is 5.36. The Morgan fingerprint density at radius 2 is 1.84 bits per heavy atom. The third kappa shape index (κ3) is 4.04. The number of carbonyl (C=O) groups excluding carboxylic acids is 1. The Balaban J connectivity index is 2.21. The molecule has 4 nitrogen and oxygen atoms in total. The van der Waals surface area contributed by atoms with Crippen molar-refractivity contribution in [2.75, 3.05) is 20.3 Å². The van der Waals surface area contributed by atoms with Crippen LogP contribution < -0.4 is 0 Å². The minimum Gasteiger partial charge on any atom is -0.465 e. The molecule has 1 aromatic rings. The summed E-state index contributed by atoms with van der Waals surface area (Å²) in [5, 5.41) is 0. The lowest BCUT2D eigenvalue weighted by atomic mass is 10.0. The first kappa shape index (κ1) is 14.0. The molecular weight excluding hydrogens is 244 g/mol. The predicted octanol–water partition coefficient (Wildman–Crippen LogP) is 2.69. The molecule has 2 heterocycles. The molecular formula is C15H20O4. The van der Waals surface area contributed by atoms with Crippen LogP contribution in [0.25, 0.3) is 0 Å². The van der Waals surface area contributed by atoms with Crippen LogP contribution in [0.4, 0.5) is 0 Å². The summed E-state index contributed by atoms with van der Waals surface area (Å²) in [6.07, 6.45) is 3.17. The molecule has 1 aromatic carbocycles. The van der Waals surface area contributed by atoms with Crippen LogP contribution in [0.1, 0.15) is 40.7 Å². The van der Waals surface area contributed by atoms with Crippen LogP contribution in [0.3, 0.4) is 0 Å². The number of rotatable bonds is 1. The van der Waals surface area contributed by atoms with E-state index in [1.807, 2.05) is 18.2 Å². The second-order valence-electron chi connectivity index (χ2n) is 4.65. The third-order valence-electron chi connectivity index (χ3n) is 3.18. The van der Waals surface area contributed by atoms with Crippen molar-refractivity contribution in [1.82, 2.24) is 0 Å². The standard InChI is InChI=1S/C15H20O4/c1-17-15(16)14-9-12-5-6-13(14)11-19-8-4-2-3-7-18-10-12/h5-6,9H,2-4,7-8,10-11H2,1H3. The normalized spacial score (nSPS) is 17.1. The highest BCUT2D eigenvalue weighted by atomic mass is 16.5. The summed E-state index contributed by atoms with van der Waals surface area (Å²) >= 11 is 0. The molecule has 0 saturated carbocycles. The average molecular weight is 264 g/mol. The fourth-order valence-electron chi connectivity index (χ4n) is 2.10. The third-order valence-corrected chi connectivity index (χ3v) is 3.18. The second kappa shape index (κ2) is 7.26. The second-order valence-corrected chi connectivity index (χ2v) is 4.65. The molecule has 0 aromatic heterocycles. The maximum absolute atomic E-state index is 11.8. The summed E-state index contributed by atoms with van der Waals surface area (Å²) in [5.41, 5.74) is 2.43. The summed E-state index contributed by atoms with van der Waals surface area (Å²) in [6.45, 7) is 2.44. The molecule has 4 heteroatoms. The zero-order valence-corrected chi connectivity index (χ0v) is 11.3. The molecule has 3 rings (SSSR count). The van der Waals surface area contributed by atoms with Gasteiger partial charge in [0.1, 0.15) is 0 Å². The molecule has 0 fully saturated rings. The summed E-state index contributed by atoms with van der Waals surface area (Å²) < 4.78 is 16.0. The molecule has 104 valence electrons. The number of ether oxygens (including phenoxy) is 3. The Morgan fingerprint density at radius 3 is 2.58 bits per heavy atom. The topological polar surface area (TPSA) is 44.8 Å². The minimum absolute atomic E-state index is 0.324. The SMILES string of the molecule is COC(=O)c1cc2ccc1COCCCCCOC2. The zero-order valence-electron chi connectivity index (χ0n) is 11.3. The van der Waals surface area contributed by atoms with Gasteiger partial charge in [0.25, 0.3) is 0 Å². The fourth-order valence-corrected chi connectivity index (χ4v) is 2.10. The number of esters is 1. The van der Waals surface area contributed by atoms with Crippen molar-refractivity contribution >= 4 is 5.97 Å². The van der Waals surface area contributed by atoms with Gasteiger partial charge in [-0.3, -0.25) is 0 Å². The van der Waals surface area contributed by atoms with Crippen molar-refractivity contribution in [3.63, 3.8) is 0 Å². The molecule has 0 saturated heterocycles. The molecule has 19 heavy (non-hydrogen) atoms. The lowest BCUT2D eigenvalue weighted by Gasteiger charge is -2.10. The van der Waals surface area contributed by atoms with Crippen LogP contribution in [0.5, 0.6) is 0 Å². The van der Waals surface area contributed by atoms with E-state index in [0.717, 1.165) is 37.0 Å². The van der Waals surface area contributed by atoms with E-state index in [0.29, 0.717) is 25.4 Å². The lowest BCUT2D eigenvalue weighted by molar-refractivity contribution is 0.0591. The highest BCUT2D eigenvalue weighted by molar-refractivity contribution is 5.91. The van der Waals surface area contributed by atoms with Crippen LogP contribution in [0.15, 0.2) is 18.2 Å². The molecule has 0 aliphatic carbocycles. The Labute approximate surface area is 113 Å². The molecule has 2 aliphatic rings. The largest absolute Gasteiger partial charge is 0.465 e. The number of hydrogen-bond acceptors (Lipinski definition) is 4. The average Bonchev–Trinajstić information content (AvgIpc) is 2.48. The highest BCUT2D eigenvalue weighted by Crippen LogP contribution is 2.16. The molecule has 0 spiro atoms. The number of methoxy groups -OCH3 is 1. The number of fused-ring (bicyclic) bond motifs is 10. The quantitative estimate of drug-likeness (QED) is 0.732. The first-order valence-electron chi connectivity index (χ1n) is 6.67. The van der Waals surface area contributed by atoms with Crippen LogP contribution in [0.2, 0.25) is 0 Å². The van der Waals surface area contributed by atoms with E-state index in [4.69, 9.17) is 14.2 Å². The van der Waals surface area contributed by atoms with Crippen LogP contribution in [-0.2, 0) is 27.4 Å². The van der Waals surface area contributed by atoms with Gasteiger partial charge in [-0.2, -0.15) is 0 Å². The van der Waals surface area contributed by atoms with Crippen LogP contribution in [-0.4, -0.2) is 26.3 Å². The first-order valence-corrected chi connectivity index (χ1v) is 6.67. The Hall–Kier alpha value is -1.39. The van der Waals surface area contributed by atoms with Gasteiger partial charge >= 0.3 is 5.97 Å². The van der Waals surface area contributed by atoms with Crippen LogP contribution >= 0.6 is 0 Å². The first-order chi connectivity index (χ1) is 9.31. The van der Waals surface area contributed by atoms with Crippen molar-refractivity contribution in [2.24, 2.45) is 0 Å². The maximum atomic E-state index is 11.8. The molecule has 2 bridgehead atoms. The molecule has 0 atom stereocenters. The molecule has 0 radical (unpaired) electrons.